The number of halogens is 2. The standard InChI is InChI=1S/C19H25F2N3O3/c1-23(2)16-10-24(7-6-17(16)25)19(27)12-8-15(14(21)9-13(12)20)22-18(26)11-4-3-5-11/h8-9,11,16-17,25H,3-7,10H2,1-2H3,(H,22,26)/t16-,17+/m1/s1. The van der Waals surface area contributed by atoms with E-state index in [1.807, 2.05) is 4.90 Å². The summed E-state index contributed by atoms with van der Waals surface area (Å²) < 4.78 is 28.4. The third kappa shape index (κ3) is 4.11. The lowest BCUT2D eigenvalue weighted by Gasteiger charge is -2.39. The lowest BCUT2D eigenvalue weighted by Crippen LogP contribution is -2.54. The van der Waals surface area contributed by atoms with E-state index < -0.39 is 23.6 Å². The van der Waals surface area contributed by atoms with Crippen molar-refractivity contribution in [3.05, 3.63) is 29.3 Å². The SMILES string of the molecule is CN(C)[C@@H]1CN(C(=O)c2cc(NC(=O)C3CCC3)c(F)cc2F)CC[C@@H]1O. The highest BCUT2D eigenvalue weighted by Crippen LogP contribution is 2.29. The molecule has 6 nitrogen and oxygen atoms in total. The zero-order valence-electron chi connectivity index (χ0n) is 15.5. The van der Waals surface area contributed by atoms with Crippen molar-refractivity contribution in [2.24, 2.45) is 5.92 Å². The molecule has 148 valence electrons. The van der Waals surface area contributed by atoms with Gasteiger partial charge in [-0.15, -0.1) is 0 Å². The Balaban J connectivity index is 1.79. The Labute approximate surface area is 157 Å². The Kier molecular flexibility index (Phi) is 5.76. The van der Waals surface area contributed by atoms with Crippen LogP contribution in [-0.4, -0.2) is 66.1 Å². The third-order valence-electron chi connectivity index (χ3n) is 5.52. The molecule has 3 rings (SSSR count). The number of amides is 2. The molecule has 1 aliphatic carbocycles. The smallest absolute Gasteiger partial charge is 0.256 e. The predicted octanol–water partition coefficient (Wildman–Crippen LogP) is 1.84. The monoisotopic (exact) mass is 381 g/mol. The van der Waals surface area contributed by atoms with Crippen LogP contribution in [0.5, 0.6) is 0 Å². The first kappa shape index (κ1) is 19.7. The number of hydrogen-bond acceptors (Lipinski definition) is 4. The van der Waals surface area contributed by atoms with E-state index in [9.17, 15) is 23.5 Å². The zero-order valence-corrected chi connectivity index (χ0v) is 15.5. The molecular weight excluding hydrogens is 356 g/mol. The molecule has 2 fully saturated rings. The Hall–Kier alpha value is -2.06. The van der Waals surface area contributed by atoms with Crippen LogP contribution in [0.2, 0.25) is 0 Å². The second kappa shape index (κ2) is 7.90. The van der Waals surface area contributed by atoms with Gasteiger partial charge in [0.2, 0.25) is 5.91 Å². The van der Waals surface area contributed by atoms with Crippen molar-refractivity contribution in [3.8, 4) is 0 Å². The van der Waals surface area contributed by atoms with Crippen molar-refractivity contribution in [1.82, 2.24) is 9.80 Å². The molecular formula is C19H25F2N3O3. The second-order valence-electron chi connectivity index (χ2n) is 7.57. The quantitative estimate of drug-likeness (QED) is 0.835. The summed E-state index contributed by atoms with van der Waals surface area (Å²) in [6, 6.07) is 1.44. The number of piperidine rings is 1. The molecule has 8 heteroatoms. The lowest BCUT2D eigenvalue weighted by molar-refractivity contribution is -0.122. The molecule has 0 unspecified atom stereocenters. The van der Waals surface area contributed by atoms with Gasteiger partial charge in [-0.1, -0.05) is 6.42 Å². The highest BCUT2D eigenvalue weighted by Gasteiger charge is 2.33. The molecule has 1 saturated carbocycles. The van der Waals surface area contributed by atoms with Crippen molar-refractivity contribution in [1.29, 1.82) is 0 Å². The molecule has 2 N–H and O–H groups in total. The van der Waals surface area contributed by atoms with E-state index >= 15 is 0 Å². The first-order valence-electron chi connectivity index (χ1n) is 9.21. The Morgan fingerprint density at radius 3 is 2.48 bits per heavy atom. The van der Waals surface area contributed by atoms with Gasteiger partial charge in [0.15, 0.2) is 0 Å². The normalized spacial score (nSPS) is 23.3. The van der Waals surface area contributed by atoms with Crippen molar-refractivity contribution in [3.63, 3.8) is 0 Å². The minimum atomic E-state index is -0.966. The average Bonchev–Trinajstić information content (AvgIpc) is 2.55. The van der Waals surface area contributed by atoms with Gasteiger partial charge in [0, 0.05) is 25.1 Å². The number of carbonyl (C=O) groups is 2. The molecule has 1 aromatic rings. The van der Waals surface area contributed by atoms with Crippen LogP contribution in [0, 0.1) is 17.6 Å². The molecule has 2 atom stereocenters. The van der Waals surface area contributed by atoms with E-state index in [-0.39, 0.29) is 42.2 Å². The number of likely N-dealkylation sites (N-methyl/N-ethyl adjacent to an activating group) is 1. The van der Waals surface area contributed by atoms with E-state index in [0.29, 0.717) is 12.5 Å². The van der Waals surface area contributed by atoms with E-state index in [1.165, 1.54) is 4.90 Å². The van der Waals surface area contributed by atoms with Gasteiger partial charge in [-0.05, 0) is 39.4 Å². The lowest BCUT2D eigenvalue weighted by atomic mass is 9.85. The number of nitrogens with zero attached hydrogens (tertiary/aromatic N) is 2. The minimum Gasteiger partial charge on any atom is -0.391 e. The fourth-order valence-electron chi connectivity index (χ4n) is 3.50. The van der Waals surface area contributed by atoms with Crippen LogP contribution in [0.15, 0.2) is 12.1 Å². The van der Waals surface area contributed by atoms with Gasteiger partial charge < -0.3 is 20.2 Å². The molecule has 1 aromatic carbocycles. The van der Waals surface area contributed by atoms with E-state index in [2.05, 4.69) is 5.32 Å². The molecule has 2 aliphatic rings. The number of rotatable bonds is 4. The van der Waals surface area contributed by atoms with E-state index in [0.717, 1.165) is 25.3 Å². The summed E-state index contributed by atoms with van der Waals surface area (Å²) in [7, 11) is 3.60. The Bertz CT molecular complexity index is 737. The second-order valence-corrected chi connectivity index (χ2v) is 7.57. The van der Waals surface area contributed by atoms with Gasteiger partial charge in [0.25, 0.3) is 5.91 Å². The summed E-state index contributed by atoms with van der Waals surface area (Å²) in [5.41, 5.74) is -0.466. The van der Waals surface area contributed by atoms with Gasteiger partial charge in [-0.25, -0.2) is 8.78 Å². The van der Waals surface area contributed by atoms with Gasteiger partial charge in [0.1, 0.15) is 11.6 Å². The van der Waals surface area contributed by atoms with Crippen molar-refractivity contribution in [2.45, 2.75) is 37.8 Å². The van der Waals surface area contributed by atoms with Crippen LogP contribution in [0.3, 0.4) is 0 Å². The van der Waals surface area contributed by atoms with Gasteiger partial charge >= 0.3 is 0 Å². The predicted molar refractivity (Wildman–Crippen MR) is 96.3 cm³/mol. The molecule has 0 aromatic heterocycles. The molecule has 2 amide bonds. The number of nitrogens with one attached hydrogen (secondary N) is 1. The minimum absolute atomic E-state index is 0.155. The highest BCUT2D eigenvalue weighted by molar-refractivity contribution is 5.98. The number of aliphatic hydroxyl groups is 1. The Morgan fingerprint density at radius 1 is 1.19 bits per heavy atom. The van der Waals surface area contributed by atoms with Crippen molar-refractivity contribution in [2.75, 3.05) is 32.5 Å². The highest BCUT2D eigenvalue weighted by atomic mass is 19.1. The number of aliphatic hydroxyl groups excluding tert-OH is 1. The largest absolute Gasteiger partial charge is 0.391 e. The molecule has 0 bridgehead atoms. The van der Waals surface area contributed by atoms with Crippen LogP contribution < -0.4 is 5.32 Å². The summed E-state index contributed by atoms with van der Waals surface area (Å²) >= 11 is 0. The average molecular weight is 381 g/mol. The fourth-order valence-corrected chi connectivity index (χ4v) is 3.50. The number of carbonyl (C=O) groups excluding carboxylic acids is 2. The summed E-state index contributed by atoms with van der Waals surface area (Å²) in [6.45, 7) is 0.526. The third-order valence-corrected chi connectivity index (χ3v) is 5.52. The summed E-state index contributed by atoms with van der Waals surface area (Å²) in [6.07, 6.45) is 2.27. The Morgan fingerprint density at radius 2 is 1.89 bits per heavy atom. The molecule has 1 saturated heterocycles. The van der Waals surface area contributed by atoms with E-state index in [4.69, 9.17) is 0 Å². The van der Waals surface area contributed by atoms with Crippen LogP contribution in [0.25, 0.3) is 0 Å². The zero-order chi connectivity index (χ0) is 19.7. The van der Waals surface area contributed by atoms with Crippen LogP contribution >= 0.6 is 0 Å². The topological polar surface area (TPSA) is 72.9 Å². The molecule has 0 radical (unpaired) electrons. The maximum absolute atomic E-state index is 14.3. The van der Waals surface area contributed by atoms with E-state index in [1.54, 1.807) is 14.1 Å². The summed E-state index contributed by atoms with van der Waals surface area (Å²) in [5, 5.41) is 12.5. The van der Waals surface area contributed by atoms with Gasteiger partial charge in [-0.2, -0.15) is 0 Å². The van der Waals surface area contributed by atoms with Crippen LogP contribution in [0.4, 0.5) is 14.5 Å². The van der Waals surface area contributed by atoms with Crippen molar-refractivity contribution >= 4 is 17.5 Å². The fraction of sp³-hybridized carbons (Fsp3) is 0.579. The molecule has 1 heterocycles. The van der Waals surface area contributed by atoms with Crippen LogP contribution in [-0.2, 0) is 4.79 Å². The molecule has 27 heavy (non-hydrogen) atoms. The van der Waals surface area contributed by atoms with Gasteiger partial charge in [0.05, 0.1) is 23.4 Å². The molecule has 1 aliphatic heterocycles. The van der Waals surface area contributed by atoms with Crippen molar-refractivity contribution < 1.29 is 23.5 Å². The number of hydrogen-bond donors (Lipinski definition) is 2. The molecule has 0 spiro atoms. The van der Waals surface area contributed by atoms with Gasteiger partial charge in [-0.3, -0.25) is 9.59 Å². The summed E-state index contributed by atoms with van der Waals surface area (Å²) in [4.78, 5) is 28.1. The number of benzene rings is 1. The maximum Gasteiger partial charge on any atom is 0.256 e. The number of anilines is 1. The first-order chi connectivity index (χ1) is 12.8. The van der Waals surface area contributed by atoms with Crippen LogP contribution in [0.1, 0.15) is 36.0 Å². The summed E-state index contributed by atoms with van der Waals surface area (Å²) in [5.74, 6) is -2.91. The maximum atomic E-state index is 14.3. The number of likely N-dealkylation sites (tertiary alicyclic amines) is 1. The first-order valence-corrected chi connectivity index (χ1v) is 9.21.